The molecule has 0 bridgehead atoms. The van der Waals surface area contributed by atoms with Gasteiger partial charge in [0, 0.05) is 12.7 Å². The molecule has 0 amide bonds. The highest BCUT2D eigenvalue weighted by Gasteiger charge is 2.17. The summed E-state index contributed by atoms with van der Waals surface area (Å²) in [6.45, 7) is 2.45. The van der Waals surface area contributed by atoms with E-state index in [0.29, 0.717) is 18.2 Å². The van der Waals surface area contributed by atoms with Crippen LogP contribution in [0.1, 0.15) is 18.5 Å². The van der Waals surface area contributed by atoms with E-state index in [1.54, 1.807) is 24.4 Å². The van der Waals surface area contributed by atoms with E-state index in [4.69, 9.17) is 0 Å². The van der Waals surface area contributed by atoms with Crippen LogP contribution in [0.3, 0.4) is 0 Å². The molecule has 1 aliphatic rings. The number of halogens is 1. The van der Waals surface area contributed by atoms with Gasteiger partial charge < -0.3 is 5.32 Å². The molecule has 1 atom stereocenters. The van der Waals surface area contributed by atoms with E-state index < -0.39 is 10.0 Å². The van der Waals surface area contributed by atoms with Gasteiger partial charge in [0.05, 0.1) is 5.69 Å². The fourth-order valence-corrected chi connectivity index (χ4v) is 3.22. The first-order valence-electron chi connectivity index (χ1n) is 6.24. The summed E-state index contributed by atoms with van der Waals surface area (Å²) in [4.78, 5) is 4.03. The van der Waals surface area contributed by atoms with E-state index in [0.717, 1.165) is 25.9 Å². The quantitative estimate of drug-likeness (QED) is 0.849. The van der Waals surface area contributed by atoms with Crippen molar-refractivity contribution < 1.29 is 8.42 Å². The molecule has 0 saturated carbocycles. The number of piperidine rings is 1. The molecule has 1 unspecified atom stereocenters. The lowest BCUT2D eigenvalue weighted by Crippen LogP contribution is -2.38. The van der Waals surface area contributed by atoms with Gasteiger partial charge in [-0.05, 0) is 44.0 Å². The van der Waals surface area contributed by atoms with Crippen molar-refractivity contribution in [1.82, 2.24) is 15.0 Å². The molecule has 2 heterocycles. The van der Waals surface area contributed by atoms with E-state index in [9.17, 15) is 8.42 Å². The zero-order valence-corrected chi connectivity index (χ0v) is 12.3. The van der Waals surface area contributed by atoms with Gasteiger partial charge in [-0.3, -0.25) is 4.98 Å². The van der Waals surface area contributed by atoms with Crippen molar-refractivity contribution in [1.29, 1.82) is 0 Å². The standard InChI is InChI=1S/C12H19N3O2S.ClH/c16-18(17,10-12-5-1-2-7-14-12)15-9-11-4-3-6-13-8-11;/h1-2,5,7,11,13,15H,3-4,6,8-10H2;1H. The Hall–Kier alpha value is -0.690. The second-order valence-corrected chi connectivity index (χ2v) is 6.45. The van der Waals surface area contributed by atoms with Crippen molar-refractivity contribution >= 4 is 22.4 Å². The van der Waals surface area contributed by atoms with Crippen LogP contribution in [0.15, 0.2) is 24.4 Å². The van der Waals surface area contributed by atoms with Crippen LogP contribution >= 0.6 is 12.4 Å². The Morgan fingerprint density at radius 3 is 2.89 bits per heavy atom. The maximum Gasteiger partial charge on any atom is 0.217 e. The monoisotopic (exact) mass is 305 g/mol. The fraction of sp³-hybridized carbons (Fsp3) is 0.583. The zero-order chi connectivity index (χ0) is 12.8. The number of hydrogen-bond acceptors (Lipinski definition) is 4. The molecule has 1 saturated heterocycles. The van der Waals surface area contributed by atoms with Crippen LogP contribution in [0.2, 0.25) is 0 Å². The number of hydrogen-bond donors (Lipinski definition) is 2. The molecule has 19 heavy (non-hydrogen) atoms. The molecule has 0 aliphatic carbocycles. The summed E-state index contributed by atoms with van der Waals surface area (Å²) in [6.07, 6.45) is 3.81. The van der Waals surface area contributed by atoms with Crippen molar-refractivity contribution in [2.24, 2.45) is 5.92 Å². The van der Waals surface area contributed by atoms with Crippen LogP contribution in [-0.4, -0.2) is 33.0 Å². The zero-order valence-electron chi connectivity index (χ0n) is 10.7. The third kappa shape index (κ3) is 5.86. The summed E-state index contributed by atoms with van der Waals surface area (Å²) < 4.78 is 26.4. The predicted molar refractivity (Wildman–Crippen MR) is 77.7 cm³/mol. The summed E-state index contributed by atoms with van der Waals surface area (Å²) >= 11 is 0. The SMILES string of the molecule is Cl.O=S(=O)(Cc1ccccn1)NCC1CCCNC1. The highest BCUT2D eigenvalue weighted by Crippen LogP contribution is 2.09. The maximum atomic E-state index is 11.9. The molecule has 1 aromatic heterocycles. The molecule has 2 rings (SSSR count). The van der Waals surface area contributed by atoms with E-state index in [1.165, 1.54) is 0 Å². The van der Waals surface area contributed by atoms with Crippen molar-refractivity contribution in [3.63, 3.8) is 0 Å². The number of nitrogens with one attached hydrogen (secondary N) is 2. The largest absolute Gasteiger partial charge is 0.316 e. The second-order valence-electron chi connectivity index (χ2n) is 4.64. The molecule has 1 aliphatic heterocycles. The second kappa shape index (κ2) is 7.79. The van der Waals surface area contributed by atoms with Gasteiger partial charge in [-0.1, -0.05) is 6.07 Å². The number of rotatable bonds is 5. The summed E-state index contributed by atoms with van der Waals surface area (Å²) in [6, 6.07) is 5.29. The molecule has 5 nitrogen and oxygen atoms in total. The number of pyridine rings is 1. The van der Waals surface area contributed by atoms with Crippen LogP contribution in [0.5, 0.6) is 0 Å². The molecule has 1 aromatic rings. The molecule has 1 fully saturated rings. The van der Waals surface area contributed by atoms with Gasteiger partial charge in [0.2, 0.25) is 10.0 Å². The highest BCUT2D eigenvalue weighted by atomic mass is 35.5. The number of sulfonamides is 1. The van der Waals surface area contributed by atoms with E-state index in [1.807, 2.05) is 0 Å². The number of aromatic nitrogens is 1. The average molecular weight is 306 g/mol. The Kier molecular flexibility index (Phi) is 6.71. The van der Waals surface area contributed by atoms with Gasteiger partial charge in [0.25, 0.3) is 0 Å². The van der Waals surface area contributed by atoms with Crippen LogP contribution in [0.4, 0.5) is 0 Å². The average Bonchev–Trinajstić information content (AvgIpc) is 2.38. The Morgan fingerprint density at radius 2 is 2.26 bits per heavy atom. The normalized spacial score (nSPS) is 19.7. The van der Waals surface area contributed by atoms with E-state index in [2.05, 4.69) is 15.0 Å². The first kappa shape index (κ1) is 16.4. The lowest BCUT2D eigenvalue weighted by atomic mass is 10.0. The van der Waals surface area contributed by atoms with Gasteiger partial charge in [0.15, 0.2) is 0 Å². The lowest BCUT2D eigenvalue weighted by molar-refractivity contribution is 0.376. The minimum absolute atomic E-state index is 0. The van der Waals surface area contributed by atoms with Crippen LogP contribution in [0, 0.1) is 5.92 Å². The Balaban J connectivity index is 0.00000180. The van der Waals surface area contributed by atoms with Gasteiger partial charge in [-0.2, -0.15) is 0 Å². The lowest BCUT2D eigenvalue weighted by Gasteiger charge is -2.22. The molecule has 108 valence electrons. The van der Waals surface area contributed by atoms with Gasteiger partial charge in [0.1, 0.15) is 5.75 Å². The maximum absolute atomic E-state index is 11.9. The highest BCUT2D eigenvalue weighted by molar-refractivity contribution is 7.88. The number of nitrogens with zero attached hydrogens (tertiary/aromatic N) is 1. The van der Waals surface area contributed by atoms with E-state index >= 15 is 0 Å². The van der Waals surface area contributed by atoms with Gasteiger partial charge in [-0.15, -0.1) is 12.4 Å². The minimum Gasteiger partial charge on any atom is -0.316 e. The molecule has 0 radical (unpaired) electrons. The summed E-state index contributed by atoms with van der Waals surface area (Å²) in [5.41, 5.74) is 0.576. The predicted octanol–water partition coefficient (Wildman–Crippen LogP) is 0.922. The van der Waals surface area contributed by atoms with Crippen LogP contribution < -0.4 is 10.0 Å². The van der Waals surface area contributed by atoms with Crippen LogP contribution in [-0.2, 0) is 15.8 Å². The molecule has 2 N–H and O–H groups in total. The Morgan fingerprint density at radius 1 is 1.42 bits per heavy atom. The smallest absolute Gasteiger partial charge is 0.217 e. The van der Waals surface area contributed by atoms with Crippen molar-refractivity contribution in [2.75, 3.05) is 19.6 Å². The third-order valence-electron chi connectivity index (χ3n) is 3.05. The Bertz CT molecular complexity index is 461. The van der Waals surface area contributed by atoms with Crippen molar-refractivity contribution in [3.05, 3.63) is 30.1 Å². The first-order chi connectivity index (χ1) is 8.66. The van der Waals surface area contributed by atoms with Gasteiger partial charge in [-0.25, -0.2) is 13.1 Å². The molecule has 0 aromatic carbocycles. The van der Waals surface area contributed by atoms with Crippen molar-refractivity contribution in [3.8, 4) is 0 Å². The molecule has 7 heteroatoms. The topological polar surface area (TPSA) is 71.1 Å². The molecule has 0 spiro atoms. The van der Waals surface area contributed by atoms with E-state index in [-0.39, 0.29) is 18.2 Å². The van der Waals surface area contributed by atoms with Gasteiger partial charge >= 0.3 is 0 Å². The van der Waals surface area contributed by atoms with Crippen molar-refractivity contribution in [2.45, 2.75) is 18.6 Å². The van der Waals surface area contributed by atoms with Crippen LogP contribution in [0.25, 0.3) is 0 Å². The minimum atomic E-state index is -3.27. The Labute approximate surface area is 120 Å². The first-order valence-corrected chi connectivity index (χ1v) is 7.89. The summed E-state index contributed by atoms with van der Waals surface area (Å²) in [5, 5.41) is 3.27. The summed E-state index contributed by atoms with van der Waals surface area (Å²) in [7, 11) is -3.27. The molecular weight excluding hydrogens is 286 g/mol. The fourth-order valence-electron chi connectivity index (χ4n) is 2.07. The summed E-state index contributed by atoms with van der Waals surface area (Å²) in [5.74, 6) is 0.353. The third-order valence-corrected chi connectivity index (χ3v) is 4.34. The molecular formula is C12H20ClN3O2S.